The van der Waals surface area contributed by atoms with Gasteiger partial charge in [-0.05, 0) is 36.4 Å². The number of halogens is 1. The van der Waals surface area contributed by atoms with Crippen LogP contribution in [0.2, 0.25) is 0 Å². The highest BCUT2D eigenvalue weighted by Crippen LogP contribution is 2.25. The third-order valence-corrected chi connectivity index (χ3v) is 4.32. The number of anilines is 1. The van der Waals surface area contributed by atoms with E-state index in [0.29, 0.717) is 16.4 Å². The number of aromatic nitrogens is 1. The fraction of sp³-hybridized carbons (Fsp3) is 0.105. The average molecular weight is 369 g/mol. The van der Waals surface area contributed by atoms with Crippen LogP contribution in [0.1, 0.15) is 16.8 Å². The van der Waals surface area contributed by atoms with Crippen LogP contribution in [-0.2, 0) is 4.79 Å². The van der Waals surface area contributed by atoms with Crippen LogP contribution in [0, 0.1) is 5.82 Å². The summed E-state index contributed by atoms with van der Waals surface area (Å²) in [6, 6.07) is 14.8. The van der Waals surface area contributed by atoms with E-state index >= 15 is 0 Å². The standard InChI is InChI=1S/C19H16FN3O2S/c20-15-8-6-13(7-9-15)16-12-26-19(22-16)23-17(24)10-11-21-18(25)14-4-2-1-3-5-14/h1-9,12H,10-11H2,(H,21,25)(H,22,23,24). The lowest BCUT2D eigenvalue weighted by Gasteiger charge is -2.05. The van der Waals surface area contributed by atoms with E-state index < -0.39 is 0 Å². The van der Waals surface area contributed by atoms with E-state index in [0.717, 1.165) is 5.56 Å². The van der Waals surface area contributed by atoms with Crippen molar-refractivity contribution >= 4 is 28.3 Å². The van der Waals surface area contributed by atoms with Gasteiger partial charge in [-0.3, -0.25) is 9.59 Å². The SMILES string of the molecule is O=C(CCNC(=O)c1ccccc1)Nc1nc(-c2ccc(F)cc2)cs1. The number of thiazole rings is 1. The van der Waals surface area contributed by atoms with Gasteiger partial charge in [-0.1, -0.05) is 18.2 Å². The lowest BCUT2D eigenvalue weighted by molar-refractivity contribution is -0.116. The predicted molar refractivity (Wildman–Crippen MR) is 99.5 cm³/mol. The minimum absolute atomic E-state index is 0.143. The summed E-state index contributed by atoms with van der Waals surface area (Å²) >= 11 is 1.29. The molecule has 1 heterocycles. The Hall–Kier alpha value is -3.06. The maximum atomic E-state index is 13.0. The number of hydrogen-bond donors (Lipinski definition) is 2. The zero-order valence-corrected chi connectivity index (χ0v) is 14.6. The van der Waals surface area contributed by atoms with Gasteiger partial charge in [0.25, 0.3) is 5.91 Å². The van der Waals surface area contributed by atoms with E-state index in [2.05, 4.69) is 15.6 Å². The summed E-state index contributed by atoms with van der Waals surface area (Å²) < 4.78 is 13.0. The van der Waals surface area contributed by atoms with Crippen molar-refractivity contribution in [1.29, 1.82) is 0 Å². The first-order chi connectivity index (χ1) is 12.6. The highest BCUT2D eigenvalue weighted by Gasteiger charge is 2.09. The van der Waals surface area contributed by atoms with Gasteiger partial charge in [0.2, 0.25) is 5.91 Å². The molecule has 5 nitrogen and oxygen atoms in total. The molecule has 2 N–H and O–H groups in total. The highest BCUT2D eigenvalue weighted by molar-refractivity contribution is 7.14. The quantitative estimate of drug-likeness (QED) is 0.696. The largest absolute Gasteiger partial charge is 0.352 e. The van der Waals surface area contributed by atoms with Crippen molar-refractivity contribution in [3.8, 4) is 11.3 Å². The lowest BCUT2D eigenvalue weighted by atomic mass is 10.2. The minimum Gasteiger partial charge on any atom is -0.352 e. The predicted octanol–water partition coefficient (Wildman–Crippen LogP) is 3.71. The Morgan fingerprint density at radius 3 is 2.50 bits per heavy atom. The molecule has 0 bridgehead atoms. The van der Waals surface area contributed by atoms with Gasteiger partial charge in [-0.2, -0.15) is 0 Å². The van der Waals surface area contributed by atoms with Crippen molar-refractivity contribution < 1.29 is 14.0 Å². The molecule has 0 saturated heterocycles. The molecule has 1 aromatic heterocycles. The summed E-state index contributed by atoms with van der Waals surface area (Å²) in [6.45, 7) is 0.232. The van der Waals surface area contributed by atoms with Crippen molar-refractivity contribution in [3.05, 3.63) is 71.4 Å². The Bertz CT molecular complexity index is 895. The number of nitrogens with zero attached hydrogens (tertiary/aromatic N) is 1. The summed E-state index contributed by atoms with van der Waals surface area (Å²) in [6.07, 6.45) is 0.143. The Kier molecular flexibility index (Phi) is 5.70. The fourth-order valence-electron chi connectivity index (χ4n) is 2.25. The summed E-state index contributed by atoms with van der Waals surface area (Å²) in [5.74, 6) is -0.764. The summed E-state index contributed by atoms with van der Waals surface area (Å²) in [5, 5.41) is 7.65. The molecule has 0 aliphatic heterocycles. The van der Waals surface area contributed by atoms with Crippen molar-refractivity contribution in [1.82, 2.24) is 10.3 Å². The molecule has 0 radical (unpaired) electrons. The normalized spacial score (nSPS) is 10.3. The van der Waals surface area contributed by atoms with Gasteiger partial charge in [0.05, 0.1) is 5.69 Å². The Balaban J connectivity index is 1.48. The molecule has 0 unspecified atom stereocenters. The molecule has 7 heteroatoms. The molecule has 3 rings (SSSR count). The molecule has 132 valence electrons. The van der Waals surface area contributed by atoms with Gasteiger partial charge in [0.15, 0.2) is 5.13 Å². The van der Waals surface area contributed by atoms with Crippen LogP contribution in [0.4, 0.5) is 9.52 Å². The second kappa shape index (κ2) is 8.35. The molecule has 0 aliphatic carbocycles. The van der Waals surface area contributed by atoms with E-state index in [1.54, 1.807) is 41.8 Å². The molecule has 26 heavy (non-hydrogen) atoms. The van der Waals surface area contributed by atoms with Crippen LogP contribution in [0.25, 0.3) is 11.3 Å². The zero-order chi connectivity index (χ0) is 18.4. The van der Waals surface area contributed by atoms with Crippen molar-refractivity contribution in [2.45, 2.75) is 6.42 Å². The molecular formula is C19H16FN3O2S. The van der Waals surface area contributed by atoms with Crippen molar-refractivity contribution in [3.63, 3.8) is 0 Å². The van der Waals surface area contributed by atoms with E-state index in [1.165, 1.54) is 23.5 Å². The monoisotopic (exact) mass is 369 g/mol. The summed E-state index contributed by atoms with van der Waals surface area (Å²) in [4.78, 5) is 28.2. The Labute approximate surface area is 153 Å². The average Bonchev–Trinajstić information content (AvgIpc) is 3.11. The number of amides is 2. The van der Waals surface area contributed by atoms with Crippen molar-refractivity contribution in [2.24, 2.45) is 0 Å². The van der Waals surface area contributed by atoms with Crippen LogP contribution < -0.4 is 10.6 Å². The topological polar surface area (TPSA) is 71.1 Å². The maximum Gasteiger partial charge on any atom is 0.251 e. The van der Waals surface area contributed by atoms with Crippen LogP contribution >= 0.6 is 11.3 Å². The first-order valence-corrected chi connectivity index (χ1v) is 8.84. The van der Waals surface area contributed by atoms with Gasteiger partial charge in [0.1, 0.15) is 5.82 Å². The number of nitrogens with one attached hydrogen (secondary N) is 2. The highest BCUT2D eigenvalue weighted by atomic mass is 32.1. The van der Waals surface area contributed by atoms with Gasteiger partial charge in [-0.25, -0.2) is 9.37 Å². The van der Waals surface area contributed by atoms with Gasteiger partial charge < -0.3 is 10.6 Å². The van der Waals surface area contributed by atoms with Crippen LogP contribution in [0.5, 0.6) is 0 Å². The number of carbonyl (C=O) groups excluding carboxylic acids is 2. The van der Waals surface area contributed by atoms with E-state index in [4.69, 9.17) is 0 Å². The molecule has 2 amide bonds. The molecule has 0 atom stereocenters. The van der Waals surface area contributed by atoms with E-state index in [9.17, 15) is 14.0 Å². The number of benzene rings is 2. The Morgan fingerprint density at radius 2 is 1.77 bits per heavy atom. The first-order valence-electron chi connectivity index (χ1n) is 7.96. The molecule has 0 aliphatic rings. The Morgan fingerprint density at radius 1 is 1.04 bits per heavy atom. The number of carbonyl (C=O) groups is 2. The molecule has 0 fully saturated rings. The second-order valence-electron chi connectivity index (χ2n) is 5.46. The third-order valence-electron chi connectivity index (χ3n) is 3.56. The van der Waals surface area contributed by atoms with Crippen molar-refractivity contribution in [2.75, 3.05) is 11.9 Å². The lowest BCUT2D eigenvalue weighted by Crippen LogP contribution is -2.27. The van der Waals surface area contributed by atoms with Crippen LogP contribution in [-0.4, -0.2) is 23.3 Å². The van der Waals surface area contributed by atoms with Crippen LogP contribution in [0.15, 0.2) is 60.0 Å². The molecule has 3 aromatic rings. The molecule has 0 spiro atoms. The van der Waals surface area contributed by atoms with E-state index in [-0.39, 0.29) is 30.6 Å². The van der Waals surface area contributed by atoms with Gasteiger partial charge >= 0.3 is 0 Å². The first kappa shape index (κ1) is 17.8. The molecule has 0 saturated carbocycles. The molecule has 2 aromatic carbocycles. The van der Waals surface area contributed by atoms with Gasteiger partial charge in [-0.15, -0.1) is 11.3 Å². The third kappa shape index (κ3) is 4.73. The fourth-order valence-corrected chi connectivity index (χ4v) is 2.98. The molecular weight excluding hydrogens is 353 g/mol. The van der Waals surface area contributed by atoms with Gasteiger partial charge in [0, 0.05) is 29.5 Å². The van der Waals surface area contributed by atoms with E-state index in [1.807, 2.05) is 6.07 Å². The smallest absolute Gasteiger partial charge is 0.251 e. The summed E-state index contributed by atoms with van der Waals surface area (Å²) in [7, 11) is 0. The maximum absolute atomic E-state index is 13.0. The zero-order valence-electron chi connectivity index (χ0n) is 13.7. The van der Waals surface area contributed by atoms with Crippen LogP contribution in [0.3, 0.4) is 0 Å². The number of rotatable bonds is 6. The second-order valence-corrected chi connectivity index (χ2v) is 6.32. The number of hydrogen-bond acceptors (Lipinski definition) is 4. The summed E-state index contributed by atoms with van der Waals surface area (Å²) in [5.41, 5.74) is 2.00. The minimum atomic E-state index is -0.310.